The van der Waals surface area contributed by atoms with Crippen LogP contribution >= 0.6 is 11.3 Å². The first-order valence-corrected chi connectivity index (χ1v) is 5.24. The van der Waals surface area contributed by atoms with Gasteiger partial charge in [-0.25, -0.2) is 4.98 Å². The second-order valence-electron chi connectivity index (χ2n) is 3.46. The molecule has 2 unspecified atom stereocenters. The molecule has 0 saturated heterocycles. The Balaban J connectivity index is 2.11. The van der Waals surface area contributed by atoms with E-state index in [1.54, 1.807) is 11.3 Å². The first-order valence-electron chi connectivity index (χ1n) is 4.36. The fourth-order valence-electron chi connectivity index (χ4n) is 1.79. The number of aryl methyl sites for hydroxylation is 1. The second-order valence-corrected chi connectivity index (χ2v) is 4.52. The lowest BCUT2D eigenvalue weighted by Crippen LogP contribution is -1.99. The highest BCUT2D eigenvalue weighted by atomic mass is 32.1. The zero-order valence-corrected chi connectivity index (χ0v) is 7.97. The summed E-state index contributed by atoms with van der Waals surface area (Å²) in [6.07, 6.45) is 2.87. The minimum Gasteiger partial charge on any atom is -0.393 e. The zero-order valence-electron chi connectivity index (χ0n) is 7.16. The third-order valence-electron chi connectivity index (χ3n) is 2.46. The molecule has 1 heterocycles. The summed E-state index contributed by atoms with van der Waals surface area (Å²) in [6, 6.07) is 0. The number of aromatic nitrogens is 1. The van der Waals surface area contributed by atoms with Crippen LogP contribution in [0.2, 0.25) is 0 Å². The highest BCUT2D eigenvalue weighted by molar-refractivity contribution is 7.09. The van der Waals surface area contributed by atoms with E-state index in [9.17, 15) is 5.11 Å². The van der Waals surface area contributed by atoms with Gasteiger partial charge in [-0.3, -0.25) is 0 Å². The van der Waals surface area contributed by atoms with Gasteiger partial charge in [0, 0.05) is 11.3 Å². The Morgan fingerprint density at radius 3 is 2.92 bits per heavy atom. The Morgan fingerprint density at radius 1 is 1.58 bits per heavy atom. The SMILES string of the molecule is Cc1nc(C2CCC(O)C2)cs1. The monoisotopic (exact) mass is 183 g/mol. The molecule has 2 nitrogen and oxygen atoms in total. The zero-order chi connectivity index (χ0) is 8.55. The van der Waals surface area contributed by atoms with Gasteiger partial charge in [0.25, 0.3) is 0 Å². The topological polar surface area (TPSA) is 33.1 Å². The number of aliphatic hydroxyl groups is 1. The van der Waals surface area contributed by atoms with E-state index in [1.165, 1.54) is 5.69 Å². The van der Waals surface area contributed by atoms with Crippen LogP contribution in [-0.2, 0) is 0 Å². The molecular weight excluding hydrogens is 170 g/mol. The molecule has 2 atom stereocenters. The van der Waals surface area contributed by atoms with Crippen LogP contribution in [0.5, 0.6) is 0 Å². The number of hydrogen-bond acceptors (Lipinski definition) is 3. The molecule has 2 rings (SSSR count). The molecular formula is C9H13NOS. The van der Waals surface area contributed by atoms with Crippen LogP contribution in [0, 0.1) is 6.92 Å². The standard InChI is InChI=1S/C9H13NOS/c1-6-10-9(5-12-6)7-2-3-8(11)4-7/h5,7-8,11H,2-4H2,1H3. The van der Waals surface area contributed by atoms with Gasteiger partial charge in [-0.05, 0) is 26.2 Å². The molecule has 1 fully saturated rings. The molecule has 0 bridgehead atoms. The van der Waals surface area contributed by atoms with Crippen LogP contribution in [0.1, 0.15) is 35.9 Å². The molecule has 1 aliphatic rings. The van der Waals surface area contributed by atoms with Crippen LogP contribution < -0.4 is 0 Å². The number of hydrogen-bond donors (Lipinski definition) is 1. The summed E-state index contributed by atoms with van der Waals surface area (Å²) in [5.41, 5.74) is 1.19. The molecule has 66 valence electrons. The van der Waals surface area contributed by atoms with Gasteiger partial charge in [-0.2, -0.15) is 0 Å². The Bertz CT molecular complexity index is 271. The van der Waals surface area contributed by atoms with E-state index in [0.717, 1.165) is 24.3 Å². The van der Waals surface area contributed by atoms with Crippen molar-refractivity contribution in [3.8, 4) is 0 Å². The molecule has 0 amide bonds. The maximum atomic E-state index is 9.34. The molecule has 3 heteroatoms. The van der Waals surface area contributed by atoms with E-state index in [2.05, 4.69) is 10.4 Å². The fraction of sp³-hybridized carbons (Fsp3) is 0.667. The van der Waals surface area contributed by atoms with Crippen molar-refractivity contribution in [2.45, 2.75) is 38.2 Å². The van der Waals surface area contributed by atoms with Crippen molar-refractivity contribution in [3.05, 3.63) is 16.1 Å². The van der Waals surface area contributed by atoms with E-state index < -0.39 is 0 Å². The van der Waals surface area contributed by atoms with E-state index in [-0.39, 0.29) is 6.10 Å². The van der Waals surface area contributed by atoms with Crippen LogP contribution in [0.15, 0.2) is 5.38 Å². The number of aliphatic hydroxyl groups excluding tert-OH is 1. The quantitative estimate of drug-likeness (QED) is 0.723. The summed E-state index contributed by atoms with van der Waals surface area (Å²) in [6.45, 7) is 2.03. The van der Waals surface area contributed by atoms with Crippen LogP contribution in [-0.4, -0.2) is 16.2 Å². The minimum absolute atomic E-state index is 0.0861. The number of thiazole rings is 1. The second kappa shape index (κ2) is 3.15. The highest BCUT2D eigenvalue weighted by Crippen LogP contribution is 2.34. The lowest BCUT2D eigenvalue weighted by molar-refractivity contribution is 0.181. The smallest absolute Gasteiger partial charge is 0.0897 e. The van der Waals surface area contributed by atoms with Crippen LogP contribution in [0.4, 0.5) is 0 Å². The summed E-state index contributed by atoms with van der Waals surface area (Å²) in [7, 11) is 0. The van der Waals surface area contributed by atoms with Gasteiger partial charge in [0.2, 0.25) is 0 Å². The first kappa shape index (κ1) is 8.20. The van der Waals surface area contributed by atoms with Crippen molar-refractivity contribution in [2.75, 3.05) is 0 Å². The lowest BCUT2D eigenvalue weighted by Gasteiger charge is -2.03. The lowest BCUT2D eigenvalue weighted by atomic mass is 10.1. The van der Waals surface area contributed by atoms with E-state index in [1.807, 2.05) is 6.92 Å². The normalized spacial score (nSPS) is 29.5. The molecule has 1 N–H and O–H groups in total. The van der Waals surface area contributed by atoms with Crippen molar-refractivity contribution in [3.63, 3.8) is 0 Å². The van der Waals surface area contributed by atoms with Crippen molar-refractivity contribution < 1.29 is 5.11 Å². The van der Waals surface area contributed by atoms with Crippen molar-refractivity contribution >= 4 is 11.3 Å². The van der Waals surface area contributed by atoms with Gasteiger partial charge in [-0.15, -0.1) is 11.3 Å². The Kier molecular flexibility index (Phi) is 2.15. The fourth-order valence-corrected chi connectivity index (χ4v) is 2.49. The van der Waals surface area contributed by atoms with Gasteiger partial charge in [0.1, 0.15) is 0 Å². The predicted octanol–water partition coefficient (Wildman–Crippen LogP) is 2.08. The molecule has 1 saturated carbocycles. The molecule has 0 aromatic carbocycles. The van der Waals surface area contributed by atoms with Crippen LogP contribution in [0.3, 0.4) is 0 Å². The number of nitrogens with zero attached hydrogens (tertiary/aromatic N) is 1. The summed E-state index contributed by atoms with van der Waals surface area (Å²) in [4.78, 5) is 4.43. The van der Waals surface area contributed by atoms with Crippen molar-refractivity contribution in [1.82, 2.24) is 4.98 Å². The Labute approximate surface area is 76.3 Å². The molecule has 1 aromatic rings. The molecule has 1 aromatic heterocycles. The van der Waals surface area contributed by atoms with Crippen molar-refractivity contribution in [1.29, 1.82) is 0 Å². The predicted molar refractivity (Wildman–Crippen MR) is 49.4 cm³/mol. The van der Waals surface area contributed by atoms with Gasteiger partial charge in [0.15, 0.2) is 0 Å². The Hall–Kier alpha value is -0.410. The molecule has 0 spiro atoms. The first-order chi connectivity index (χ1) is 5.75. The van der Waals surface area contributed by atoms with Gasteiger partial charge < -0.3 is 5.11 Å². The van der Waals surface area contributed by atoms with E-state index in [0.29, 0.717) is 5.92 Å². The summed E-state index contributed by atoms with van der Waals surface area (Å²) < 4.78 is 0. The summed E-state index contributed by atoms with van der Waals surface area (Å²) >= 11 is 1.70. The minimum atomic E-state index is -0.0861. The average Bonchev–Trinajstić information content (AvgIpc) is 2.58. The van der Waals surface area contributed by atoms with E-state index >= 15 is 0 Å². The third-order valence-corrected chi connectivity index (χ3v) is 3.25. The summed E-state index contributed by atoms with van der Waals surface area (Å²) in [5.74, 6) is 0.518. The van der Waals surface area contributed by atoms with Gasteiger partial charge >= 0.3 is 0 Å². The van der Waals surface area contributed by atoms with Crippen molar-refractivity contribution in [2.24, 2.45) is 0 Å². The van der Waals surface area contributed by atoms with Crippen LogP contribution in [0.25, 0.3) is 0 Å². The maximum absolute atomic E-state index is 9.34. The number of rotatable bonds is 1. The molecule has 0 radical (unpaired) electrons. The van der Waals surface area contributed by atoms with Gasteiger partial charge in [0.05, 0.1) is 16.8 Å². The molecule has 0 aliphatic heterocycles. The summed E-state index contributed by atoms with van der Waals surface area (Å²) in [5, 5.41) is 12.6. The largest absolute Gasteiger partial charge is 0.393 e. The highest BCUT2D eigenvalue weighted by Gasteiger charge is 2.25. The Morgan fingerprint density at radius 2 is 2.42 bits per heavy atom. The average molecular weight is 183 g/mol. The molecule has 12 heavy (non-hydrogen) atoms. The maximum Gasteiger partial charge on any atom is 0.0897 e. The molecule has 1 aliphatic carbocycles. The van der Waals surface area contributed by atoms with Gasteiger partial charge in [-0.1, -0.05) is 0 Å². The van der Waals surface area contributed by atoms with E-state index in [4.69, 9.17) is 0 Å². The third kappa shape index (κ3) is 1.52.